The number of carbonyl (C=O) groups excluding carboxylic acids is 2. The Morgan fingerprint density at radius 1 is 1.17 bits per heavy atom. The van der Waals surface area contributed by atoms with Crippen molar-refractivity contribution in [1.29, 1.82) is 0 Å². The average molecular weight is 346 g/mol. The summed E-state index contributed by atoms with van der Waals surface area (Å²) in [4.78, 5) is 24.1. The van der Waals surface area contributed by atoms with E-state index < -0.39 is 11.4 Å². The molecule has 0 bridgehead atoms. The number of benzene rings is 2. The maximum absolute atomic E-state index is 12.2. The number of hydrogen-bond donors (Lipinski definition) is 3. The first-order valence-electron chi connectivity index (χ1n) is 7.49. The summed E-state index contributed by atoms with van der Waals surface area (Å²) < 4.78 is 0. The van der Waals surface area contributed by atoms with Gasteiger partial charge in [0.1, 0.15) is 5.54 Å². The Balaban J connectivity index is 2.07. The lowest BCUT2D eigenvalue weighted by Gasteiger charge is -2.27. The molecule has 4 N–H and O–H groups in total. The van der Waals surface area contributed by atoms with Gasteiger partial charge in [-0.15, -0.1) is 0 Å². The molecule has 0 radical (unpaired) electrons. The van der Waals surface area contributed by atoms with Crippen molar-refractivity contribution in [2.45, 2.75) is 19.4 Å². The molecule has 2 aromatic rings. The van der Waals surface area contributed by atoms with Crippen LogP contribution in [0.15, 0.2) is 48.5 Å². The molecule has 1 atom stereocenters. The lowest BCUT2D eigenvalue weighted by Crippen LogP contribution is -2.52. The van der Waals surface area contributed by atoms with E-state index >= 15 is 0 Å². The zero-order valence-electron chi connectivity index (χ0n) is 13.6. The van der Waals surface area contributed by atoms with Crippen LogP contribution >= 0.6 is 11.6 Å². The number of halogens is 1. The molecule has 6 heteroatoms. The van der Waals surface area contributed by atoms with Gasteiger partial charge in [0.2, 0.25) is 11.8 Å². The molecule has 0 aromatic heterocycles. The van der Waals surface area contributed by atoms with Crippen molar-refractivity contribution in [3.8, 4) is 0 Å². The predicted molar refractivity (Wildman–Crippen MR) is 95.8 cm³/mol. The Morgan fingerprint density at radius 2 is 1.83 bits per heavy atom. The van der Waals surface area contributed by atoms with Gasteiger partial charge in [0.05, 0.1) is 17.3 Å². The fourth-order valence-electron chi connectivity index (χ4n) is 2.28. The summed E-state index contributed by atoms with van der Waals surface area (Å²) in [5, 5.41) is 6.11. The highest BCUT2D eigenvalue weighted by atomic mass is 35.5. The van der Waals surface area contributed by atoms with Crippen LogP contribution in [0.4, 0.5) is 5.69 Å². The minimum absolute atomic E-state index is 0.0848. The minimum Gasteiger partial charge on any atom is -0.368 e. The van der Waals surface area contributed by atoms with Gasteiger partial charge in [0.25, 0.3) is 0 Å². The highest BCUT2D eigenvalue weighted by Crippen LogP contribution is 2.23. The summed E-state index contributed by atoms with van der Waals surface area (Å²) in [7, 11) is 0. The zero-order valence-corrected chi connectivity index (χ0v) is 14.4. The highest BCUT2D eigenvalue weighted by molar-refractivity contribution is 6.33. The number of nitrogens with one attached hydrogen (secondary N) is 2. The van der Waals surface area contributed by atoms with E-state index in [-0.39, 0.29) is 12.5 Å². The van der Waals surface area contributed by atoms with Crippen molar-refractivity contribution in [3.05, 3.63) is 64.7 Å². The molecule has 0 saturated heterocycles. The van der Waals surface area contributed by atoms with Gasteiger partial charge < -0.3 is 11.1 Å². The van der Waals surface area contributed by atoms with Gasteiger partial charge in [-0.25, -0.2) is 0 Å². The smallest absolute Gasteiger partial charge is 0.242 e. The first-order valence-corrected chi connectivity index (χ1v) is 7.87. The van der Waals surface area contributed by atoms with E-state index in [1.165, 1.54) is 0 Å². The summed E-state index contributed by atoms with van der Waals surface area (Å²) >= 11 is 6.10. The summed E-state index contributed by atoms with van der Waals surface area (Å²) in [6.07, 6.45) is 0. The molecule has 126 valence electrons. The van der Waals surface area contributed by atoms with Crippen LogP contribution in [0.2, 0.25) is 5.02 Å². The van der Waals surface area contributed by atoms with Crippen LogP contribution in [-0.4, -0.2) is 18.4 Å². The van der Waals surface area contributed by atoms with Gasteiger partial charge in [-0.2, -0.15) is 0 Å². The Labute approximate surface area is 146 Å². The van der Waals surface area contributed by atoms with Crippen molar-refractivity contribution >= 4 is 29.1 Å². The Morgan fingerprint density at radius 3 is 2.42 bits per heavy atom. The van der Waals surface area contributed by atoms with Gasteiger partial charge >= 0.3 is 0 Å². The van der Waals surface area contributed by atoms with E-state index in [9.17, 15) is 9.59 Å². The zero-order chi connectivity index (χ0) is 17.7. The molecule has 0 saturated carbocycles. The van der Waals surface area contributed by atoms with E-state index in [0.29, 0.717) is 16.3 Å². The summed E-state index contributed by atoms with van der Waals surface area (Å²) in [5.74, 6) is -0.876. The van der Waals surface area contributed by atoms with E-state index in [1.54, 1.807) is 31.2 Å². The third-order valence-corrected chi connectivity index (χ3v) is 4.16. The number of rotatable bonds is 6. The second-order valence-corrected chi connectivity index (χ2v) is 6.15. The number of carbonyl (C=O) groups is 2. The molecule has 2 aromatic carbocycles. The second kappa shape index (κ2) is 7.47. The first kappa shape index (κ1) is 18.0. The molecule has 0 aliphatic carbocycles. The van der Waals surface area contributed by atoms with Crippen LogP contribution in [0.3, 0.4) is 0 Å². The largest absolute Gasteiger partial charge is 0.368 e. The van der Waals surface area contributed by atoms with Crippen LogP contribution < -0.4 is 16.4 Å². The Hall–Kier alpha value is -2.37. The van der Waals surface area contributed by atoms with Crippen molar-refractivity contribution in [2.75, 3.05) is 11.9 Å². The van der Waals surface area contributed by atoms with E-state index in [2.05, 4.69) is 10.6 Å². The monoisotopic (exact) mass is 345 g/mol. The van der Waals surface area contributed by atoms with E-state index in [0.717, 1.165) is 5.56 Å². The number of hydrogen-bond acceptors (Lipinski definition) is 3. The number of anilines is 1. The molecule has 2 amide bonds. The van der Waals surface area contributed by atoms with Gasteiger partial charge in [0.15, 0.2) is 0 Å². The first-order chi connectivity index (χ1) is 11.3. The van der Waals surface area contributed by atoms with Crippen LogP contribution in [0.5, 0.6) is 0 Å². The van der Waals surface area contributed by atoms with Gasteiger partial charge in [-0.3, -0.25) is 14.9 Å². The molecule has 0 aliphatic heterocycles. The predicted octanol–water partition coefficient (Wildman–Crippen LogP) is 2.58. The average Bonchev–Trinajstić information content (AvgIpc) is 2.56. The molecule has 0 heterocycles. The summed E-state index contributed by atoms with van der Waals surface area (Å²) in [6, 6.07) is 14.4. The molecule has 0 spiro atoms. The molecule has 0 aliphatic rings. The SMILES string of the molecule is Cc1ccc(NC(=O)CN[C@@](C)(C(N)=O)c2ccccc2)c(Cl)c1. The fourth-order valence-corrected chi connectivity index (χ4v) is 2.56. The van der Waals surface area contributed by atoms with Crippen molar-refractivity contribution in [3.63, 3.8) is 0 Å². The summed E-state index contributed by atoms with van der Waals surface area (Å²) in [5.41, 5.74) is 6.60. The van der Waals surface area contributed by atoms with Crippen LogP contribution in [0.25, 0.3) is 0 Å². The van der Waals surface area contributed by atoms with Crippen LogP contribution in [0.1, 0.15) is 18.1 Å². The van der Waals surface area contributed by atoms with E-state index in [4.69, 9.17) is 17.3 Å². The topological polar surface area (TPSA) is 84.2 Å². The number of aryl methyl sites for hydroxylation is 1. The Kier molecular flexibility index (Phi) is 5.59. The molecule has 0 unspecified atom stereocenters. The van der Waals surface area contributed by atoms with E-state index in [1.807, 2.05) is 31.2 Å². The normalized spacial score (nSPS) is 13.1. The quantitative estimate of drug-likeness (QED) is 0.752. The lowest BCUT2D eigenvalue weighted by molar-refractivity contribution is -0.124. The molecular formula is C18H20ClN3O2. The standard InChI is InChI=1S/C18H20ClN3O2/c1-12-8-9-15(14(19)10-12)22-16(23)11-21-18(2,17(20)24)13-6-4-3-5-7-13/h3-10,21H,11H2,1-2H3,(H2,20,24)(H,22,23)/t18-/m1/s1. The third-order valence-electron chi connectivity index (χ3n) is 3.85. The number of primary amides is 1. The van der Waals surface area contributed by atoms with Gasteiger partial charge in [0, 0.05) is 0 Å². The van der Waals surface area contributed by atoms with Crippen molar-refractivity contribution in [1.82, 2.24) is 5.32 Å². The molecule has 0 fully saturated rings. The second-order valence-electron chi connectivity index (χ2n) is 5.74. The lowest BCUT2D eigenvalue weighted by atomic mass is 9.91. The van der Waals surface area contributed by atoms with Crippen LogP contribution in [0, 0.1) is 6.92 Å². The van der Waals surface area contributed by atoms with Crippen LogP contribution in [-0.2, 0) is 15.1 Å². The van der Waals surface area contributed by atoms with Crippen molar-refractivity contribution < 1.29 is 9.59 Å². The Bertz CT molecular complexity index is 749. The highest BCUT2D eigenvalue weighted by Gasteiger charge is 2.33. The number of amides is 2. The molecule has 2 rings (SSSR count). The fraction of sp³-hybridized carbons (Fsp3) is 0.222. The maximum atomic E-state index is 12.2. The third kappa shape index (κ3) is 4.13. The molecule has 5 nitrogen and oxygen atoms in total. The molecular weight excluding hydrogens is 326 g/mol. The summed E-state index contributed by atoms with van der Waals surface area (Å²) in [6.45, 7) is 3.48. The van der Waals surface area contributed by atoms with Crippen molar-refractivity contribution in [2.24, 2.45) is 5.73 Å². The maximum Gasteiger partial charge on any atom is 0.242 e. The molecule has 24 heavy (non-hydrogen) atoms. The van der Waals surface area contributed by atoms with Gasteiger partial charge in [-0.1, -0.05) is 48.0 Å². The van der Waals surface area contributed by atoms with Gasteiger partial charge in [-0.05, 0) is 37.1 Å². The minimum atomic E-state index is -1.14. The number of nitrogens with two attached hydrogens (primary N) is 1.